The maximum atomic E-state index is 13.3. The minimum absolute atomic E-state index is 0.0958. The van der Waals surface area contributed by atoms with E-state index in [9.17, 15) is 14.4 Å². The van der Waals surface area contributed by atoms with Crippen LogP contribution in [0.25, 0.3) is 11.1 Å². The van der Waals surface area contributed by atoms with Crippen LogP contribution in [0.15, 0.2) is 54.6 Å². The van der Waals surface area contributed by atoms with E-state index < -0.39 is 6.04 Å². The molecule has 2 aromatic rings. The van der Waals surface area contributed by atoms with Crippen molar-refractivity contribution in [2.24, 2.45) is 0 Å². The summed E-state index contributed by atoms with van der Waals surface area (Å²) in [6.45, 7) is 2.47. The molecular weight excluding hydrogens is 378 g/mol. The van der Waals surface area contributed by atoms with Crippen LogP contribution in [0.5, 0.6) is 0 Å². The molecule has 0 saturated carbocycles. The van der Waals surface area contributed by atoms with Crippen LogP contribution in [0.4, 0.5) is 0 Å². The third kappa shape index (κ3) is 4.37. The molecule has 0 bridgehead atoms. The van der Waals surface area contributed by atoms with Crippen molar-refractivity contribution in [1.29, 1.82) is 0 Å². The standard InChI is InChI=1S/C24H27N3O3/c28-22-8-4-15-26(22)16-5-17-27(21-13-14-25-23(21)29)24(30)20-11-9-19(10-12-20)18-6-2-1-3-7-18/h1-3,6-7,9-12,21H,4-5,8,13-17H2,(H,25,29). The molecule has 2 fully saturated rings. The fourth-order valence-electron chi connectivity index (χ4n) is 4.25. The number of rotatable bonds is 7. The summed E-state index contributed by atoms with van der Waals surface area (Å²) in [5.74, 6) is -0.0473. The van der Waals surface area contributed by atoms with Crippen LogP contribution in [-0.4, -0.2) is 59.7 Å². The SMILES string of the molecule is O=C1NCCC1N(CCCN1CCCC1=O)C(=O)c1ccc(-c2ccccc2)cc1. The van der Waals surface area contributed by atoms with Gasteiger partial charge in [-0.15, -0.1) is 0 Å². The highest BCUT2D eigenvalue weighted by Crippen LogP contribution is 2.21. The zero-order chi connectivity index (χ0) is 20.9. The van der Waals surface area contributed by atoms with E-state index in [4.69, 9.17) is 0 Å². The third-order valence-corrected chi connectivity index (χ3v) is 5.89. The van der Waals surface area contributed by atoms with E-state index in [-0.39, 0.29) is 17.7 Å². The van der Waals surface area contributed by atoms with Gasteiger partial charge in [-0.3, -0.25) is 14.4 Å². The van der Waals surface area contributed by atoms with Crippen LogP contribution in [0.1, 0.15) is 36.0 Å². The second-order valence-corrected chi connectivity index (χ2v) is 7.88. The van der Waals surface area contributed by atoms with Crippen molar-refractivity contribution in [3.63, 3.8) is 0 Å². The minimum Gasteiger partial charge on any atom is -0.354 e. The van der Waals surface area contributed by atoms with Gasteiger partial charge in [0, 0.05) is 38.2 Å². The normalized spacial score (nSPS) is 18.5. The van der Waals surface area contributed by atoms with Gasteiger partial charge in [0.25, 0.3) is 5.91 Å². The zero-order valence-electron chi connectivity index (χ0n) is 17.0. The Hall–Kier alpha value is -3.15. The van der Waals surface area contributed by atoms with Crippen LogP contribution in [0, 0.1) is 0 Å². The number of benzene rings is 2. The van der Waals surface area contributed by atoms with Gasteiger partial charge in [0.05, 0.1) is 0 Å². The smallest absolute Gasteiger partial charge is 0.254 e. The number of carbonyl (C=O) groups is 3. The summed E-state index contributed by atoms with van der Waals surface area (Å²) in [7, 11) is 0. The number of amides is 3. The van der Waals surface area contributed by atoms with E-state index in [1.807, 2.05) is 59.5 Å². The Bertz CT molecular complexity index is 911. The average Bonchev–Trinajstić information content (AvgIpc) is 3.39. The topological polar surface area (TPSA) is 69.7 Å². The third-order valence-electron chi connectivity index (χ3n) is 5.89. The fraction of sp³-hybridized carbons (Fsp3) is 0.375. The summed E-state index contributed by atoms with van der Waals surface area (Å²) in [4.78, 5) is 41.0. The molecule has 2 heterocycles. The quantitative estimate of drug-likeness (QED) is 0.770. The Balaban J connectivity index is 1.47. The van der Waals surface area contributed by atoms with Gasteiger partial charge in [0.2, 0.25) is 11.8 Å². The minimum atomic E-state index is -0.444. The second kappa shape index (κ2) is 9.11. The maximum Gasteiger partial charge on any atom is 0.254 e. The molecule has 2 aliphatic heterocycles. The van der Waals surface area contributed by atoms with Gasteiger partial charge in [0.15, 0.2) is 0 Å². The monoisotopic (exact) mass is 405 g/mol. The van der Waals surface area contributed by atoms with E-state index in [0.717, 1.165) is 24.1 Å². The molecule has 2 aromatic carbocycles. The molecular formula is C24H27N3O3. The van der Waals surface area contributed by atoms with Crippen molar-refractivity contribution < 1.29 is 14.4 Å². The highest BCUT2D eigenvalue weighted by Gasteiger charge is 2.33. The molecule has 30 heavy (non-hydrogen) atoms. The zero-order valence-corrected chi connectivity index (χ0v) is 17.0. The van der Waals surface area contributed by atoms with Crippen LogP contribution in [-0.2, 0) is 9.59 Å². The summed E-state index contributed by atoms with van der Waals surface area (Å²) in [5.41, 5.74) is 2.72. The lowest BCUT2D eigenvalue weighted by molar-refractivity contribution is -0.128. The Morgan fingerprint density at radius 3 is 2.40 bits per heavy atom. The molecule has 6 heteroatoms. The number of hydrogen-bond donors (Lipinski definition) is 1. The molecule has 2 saturated heterocycles. The van der Waals surface area contributed by atoms with E-state index in [1.54, 1.807) is 4.90 Å². The van der Waals surface area contributed by atoms with Gasteiger partial charge in [-0.2, -0.15) is 0 Å². The van der Waals surface area contributed by atoms with Crippen molar-refractivity contribution in [2.45, 2.75) is 31.7 Å². The van der Waals surface area contributed by atoms with Gasteiger partial charge in [-0.05, 0) is 42.5 Å². The molecule has 1 unspecified atom stereocenters. The van der Waals surface area contributed by atoms with Crippen LogP contribution in [0.2, 0.25) is 0 Å². The highest BCUT2D eigenvalue weighted by atomic mass is 16.2. The first kappa shape index (κ1) is 20.1. The lowest BCUT2D eigenvalue weighted by Crippen LogP contribution is -2.45. The fourth-order valence-corrected chi connectivity index (χ4v) is 4.25. The number of nitrogens with zero attached hydrogens (tertiary/aromatic N) is 2. The number of likely N-dealkylation sites (tertiary alicyclic amines) is 1. The highest BCUT2D eigenvalue weighted by molar-refractivity contribution is 5.98. The van der Waals surface area contributed by atoms with E-state index >= 15 is 0 Å². The van der Waals surface area contributed by atoms with Crippen molar-refractivity contribution in [2.75, 3.05) is 26.2 Å². The summed E-state index contributed by atoms with van der Waals surface area (Å²) < 4.78 is 0. The van der Waals surface area contributed by atoms with Crippen molar-refractivity contribution in [3.8, 4) is 11.1 Å². The molecule has 156 valence electrons. The first-order valence-electron chi connectivity index (χ1n) is 10.7. The predicted octanol–water partition coefficient (Wildman–Crippen LogP) is 2.70. The van der Waals surface area contributed by atoms with Gasteiger partial charge in [-0.25, -0.2) is 0 Å². The second-order valence-electron chi connectivity index (χ2n) is 7.88. The average molecular weight is 405 g/mol. The number of hydrogen-bond acceptors (Lipinski definition) is 3. The molecule has 3 amide bonds. The van der Waals surface area contributed by atoms with Crippen molar-refractivity contribution in [3.05, 3.63) is 60.2 Å². The summed E-state index contributed by atoms with van der Waals surface area (Å²) in [5, 5.41) is 2.83. The van der Waals surface area contributed by atoms with Crippen LogP contribution in [0.3, 0.4) is 0 Å². The largest absolute Gasteiger partial charge is 0.354 e. The number of nitrogens with one attached hydrogen (secondary N) is 1. The molecule has 1 N–H and O–H groups in total. The molecule has 0 aliphatic carbocycles. The van der Waals surface area contributed by atoms with Crippen molar-refractivity contribution >= 4 is 17.7 Å². The molecule has 0 aromatic heterocycles. The van der Waals surface area contributed by atoms with Crippen LogP contribution < -0.4 is 5.32 Å². The molecule has 6 nitrogen and oxygen atoms in total. The Morgan fingerprint density at radius 2 is 1.77 bits per heavy atom. The van der Waals surface area contributed by atoms with E-state index in [2.05, 4.69) is 5.32 Å². The predicted molar refractivity (Wildman–Crippen MR) is 115 cm³/mol. The number of carbonyl (C=O) groups excluding carboxylic acids is 3. The molecule has 4 rings (SSSR count). The lowest BCUT2D eigenvalue weighted by Gasteiger charge is -2.28. The Labute approximate surface area is 176 Å². The molecule has 2 aliphatic rings. The first-order chi connectivity index (χ1) is 14.6. The molecule has 1 atom stereocenters. The summed E-state index contributed by atoms with van der Waals surface area (Å²) in [6, 6.07) is 17.1. The Kier molecular flexibility index (Phi) is 6.12. The van der Waals surface area contributed by atoms with Gasteiger partial charge in [-0.1, -0.05) is 42.5 Å². The summed E-state index contributed by atoms with van der Waals surface area (Å²) >= 11 is 0. The Morgan fingerprint density at radius 1 is 1.03 bits per heavy atom. The van der Waals surface area contributed by atoms with E-state index in [1.165, 1.54) is 0 Å². The van der Waals surface area contributed by atoms with E-state index in [0.29, 0.717) is 44.5 Å². The van der Waals surface area contributed by atoms with Crippen LogP contribution >= 0.6 is 0 Å². The van der Waals surface area contributed by atoms with Crippen molar-refractivity contribution in [1.82, 2.24) is 15.1 Å². The lowest BCUT2D eigenvalue weighted by atomic mass is 10.0. The molecule has 0 spiro atoms. The summed E-state index contributed by atoms with van der Waals surface area (Å²) in [6.07, 6.45) is 2.81. The molecule has 0 radical (unpaired) electrons. The van der Waals surface area contributed by atoms with Gasteiger partial charge >= 0.3 is 0 Å². The first-order valence-corrected chi connectivity index (χ1v) is 10.7. The maximum absolute atomic E-state index is 13.3. The van der Waals surface area contributed by atoms with Gasteiger partial charge < -0.3 is 15.1 Å². The van der Waals surface area contributed by atoms with Gasteiger partial charge in [0.1, 0.15) is 6.04 Å².